The van der Waals surface area contributed by atoms with Crippen LogP contribution in [0.15, 0.2) is 24.3 Å². The molecule has 2 aromatic heterocycles. The fourth-order valence-corrected chi connectivity index (χ4v) is 4.18. The van der Waals surface area contributed by atoms with E-state index in [0.717, 1.165) is 41.0 Å². The zero-order valence-electron chi connectivity index (χ0n) is 13.4. The molecular formula is C17H19N5OS. The number of benzene rings is 1. The van der Waals surface area contributed by atoms with Gasteiger partial charge in [0.15, 0.2) is 0 Å². The van der Waals surface area contributed by atoms with Gasteiger partial charge in [-0.15, -0.1) is 11.3 Å². The van der Waals surface area contributed by atoms with E-state index in [0.29, 0.717) is 5.95 Å². The Balaban J connectivity index is 1.38. The average molecular weight is 341 g/mol. The molecule has 124 valence electrons. The second kappa shape index (κ2) is 6.33. The molecule has 6 nitrogen and oxygen atoms in total. The molecule has 1 aromatic carbocycles. The minimum Gasteiger partial charge on any atom is -0.324 e. The Labute approximate surface area is 143 Å². The van der Waals surface area contributed by atoms with Crippen molar-refractivity contribution in [3.8, 4) is 0 Å². The molecule has 3 N–H and O–H groups in total. The maximum atomic E-state index is 12.2. The van der Waals surface area contributed by atoms with E-state index in [1.165, 1.54) is 4.88 Å². The van der Waals surface area contributed by atoms with E-state index in [9.17, 15) is 4.79 Å². The lowest BCUT2D eigenvalue weighted by Gasteiger charge is -2.22. The number of nitrogens with one attached hydrogen (secondary N) is 3. The zero-order valence-corrected chi connectivity index (χ0v) is 14.2. The number of H-pyrrole nitrogens is 1. The molecule has 0 radical (unpaired) electrons. The first-order valence-corrected chi connectivity index (χ1v) is 8.95. The average Bonchev–Trinajstić information content (AvgIpc) is 3.14. The van der Waals surface area contributed by atoms with Crippen LogP contribution < -0.4 is 10.6 Å². The van der Waals surface area contributed by atoms with Crippen molar-refractivity contribution in [3.05, 3.63) is 39.8 Å². The highest BCUT2D eigenvalue weighted by atomic mass is 32.1. The molecule has 4 rings (SSSR count). The summed E-state index contributed by atoms with van der Waals surface area (Å²) < 4.78 is 0. The molecule has 0 unspecified atom stereocenters. The molecule has 0 fully saturated rings. The summed E-state index contributed by atoms with van der Waals surface area (Å²) in [4.78, 5) is 25.6. The van der Waals surface area contributed by atoms with Crippen LogP contribution in [0.2, 0.25) is 0 Å². The maximum Gasteiger partial charge on any atom is 0.240 e. The summed E-state index contributed by atoms with van der Waals surface area (Å²) in [7, 11) is 0. The summed E-state index contributed by atoms with van der Waals surface area (Å²) in [6, 6.07) is 7.87. The number of thiazole rings is 1. The maximum absolute atomic E-state index is 12.2. The van der Waals surface area contributed by atoms with Crippen LogP contribution in [-0.4, -0.2) is 27.4 Å². The third-order valence-electron chi connectivity index (χ3n) is 4.22. The Morgan fingerprint density at radius 2 is 2.25 bits per heavy atom. The van der Waals surface area contributed by atoms with Gasteiger partial charge in [0.25, 0.3) is 0 Å². The topological polar surface area (TPSA) is 82.7 Å². The summed E-state index contributed by atoms with van der Waals surface area (Å²) in [5, 5.41) is 7.25. The highest BCUT2D eigenvalue weighted by Gasteiger charge is 2.24. The van der Waals surface area contributed by atoms with Gasteiger partial charge in [-0.25, -0.2) is 9.97 Å². The molecule has 1 atom stereocenters. The van der Waals surface area contributed by atoms with Gasteiger partial charge < -0.3 is 10.3 Å². The van der Waals surface area contributed by atoms with Crippen molar-refractivity contribution in [2.45, 2.75) is 32.2 Å². The lowest BCUT2D eigenvalue weighted by Crippen LogP contribution is -2.33. The molecule has 2 heterocycles. The van der Waals surface area contributed by atoms with Crippen LogP contribution in [0.3, 0.4) is 0 Å². The van der Waals surface area contributed by atoms with Crippen molar-refractivity contribution in [1.82, 2.24) is 20.3 Å². The van der Waals surface area contributed by atoms with Crippen LogP contribution in [0, 0.1) is 6.92 Å². The second-order valence-corrected chi connectivity index (χ2v) is 7.31. The Hall–Kier alpha value is -2.25. The number of carbonyl (C=O) groups is 1. The van der Waals surface area contributed by atoms with Gasteiger partial charge in [-0.1, -0.05) is 12.1 Å². The largest absolute Gasteiger partial charge is 0.324 e. The number of imidazole rings is 1. The van der Waals surface area contributed by atoms with Crippen molar-refractivity contribution in [1.29, 1.82) is 0 Å². The summed E-state index contributed by atoms with van der Waals surface area (Å²) in [6.45, 7) is 2.28. The van der Waals surface area contributed by atoms with Crippen molar-refractivity contribution in [3.63, 3.8) is 0 Å². The number of aromatic nitrogens is 3. The third-order valence-corrected chi connectivity index (χ3v) is 5.26. The number of nitrogens with zero attached hydrogens (tertiary/aromatic N) is 2. The number of aromatic amines is 1. The fourth-order valence-electron chi connectivity index (χ4n) is 3.14. The van der Waals surface area contributed by atoms with E-state index in [4.69, 9.17) is 0 Å². The first-order valence-electron chi connectivity index (χ1n) is 8.13. The summed E-state index contributed by atoms with van der Waals surface area (Å²) in [6.07, 6.45) is 3.26. The summed E-state index contributed by atoms with van der Waals surface area (Å²) in [5.41, 5.74) is 2.88. The lowest BCUT2D eigenvalue weighted by atomic mass is 9.97. The summed E-state index contributed by atoms with van der Waals surface area (Å²) in [5.74, 6) is 0.380. The Morgan fingerprint density at radius 3 is 3.12 bits per heavy atom. The molecule has 1 aliphatic rings. The normalized spacial score (nSPS) is 17.0. The first kappa shape index (κ1) is 15.3. The Morgan fingerprint density at radius 1 is 1.38 bits per heavy atom. The quantitative estimate of drug-likeness (QED) is 0.681. The smallest absolute Gasteiger partial charge is 0.240 e. The lowest BCUT2D eigenvalue weighted by molar-refractivity contribution is -0.115. The van der Waals surface area contributed by atoms with Crippen molar-refractivity contribution in [2.24, 2.45) is 0 Å². The van der Waals surface area contributed by atoms with Crippen molar-refractivity contribution < 1.29 is 4.79 Å². The van der Waals surface area contributed by atoms with Gasteiger partial charge in [-0.2, -0.15) is 0 Å². The first-order chi connectivity index (χ1) is 11.7. The van der Waals surface area contributed by atoms with Crippen LogP contribution in [0.5, 0.6) is 0 Å². The van der Waals surface area contributed by atoms with E-state index in [1.807, 2.05) is 31.2 Å². The van der Waals surface area contributed by atoms with Crippen LogP contribution in [0.25, 0.3) is 11.0 Å². The monoisotopic (exact) mass is 341 g/mol. The van der Waals surface area contributed by atoms with Gasteiger partial charge >= 0.3 is 0 Å². The highest BCUT2D eigenvalue weighted by Crippen LogP contribution is 2.32. The van der Waals surface area contributed by atoms with Gasteiger partial charge in [0.05, 0.1) is 34.3 Å². The van der Waals surface area contributed by atoms with E-state index < -0.39 is 0 Å². The van der Waals surface area contributed by atoms with E-state index in [2.05, 4.69) is 25.6 Å². The Bertz CT molecular complexity index is 851. The van der Waals surface area contributed by atoms with Crippen molar-refractivity contribution >= 4 is 34.2 Å². The van der Waals surface area contributed by atoms with Gasteiger partial charge in [-0.05, 0) is 38.3 Å². The van der Waals surface area contributed by atoms with Gasteiger partial charge in [0, 0.05) is 4.88 Å². The number of carbonyl (C=O) groups excluding carboxylic acids is 1. The molecule has 0 aliphatic heterocycles. The third kappa shape index (κ3) is 3.05. The number of rotatable bonds is 4. The number of hydrogen-bond acceptors (Lipinski definition) is 5. The molecule has 7 heteroatoms. The molecule has 0 bridgehead atoms. The van der Waals surface area contributed by atoms with E-state index in [1.54, 1.807) is 11.3 Å². The van der Waals surface area contributed by atoms with E-state index in [-0.39, 0.29) is 18.5 Å². The SMILES string of the molecule is Cc1nc2c(s1)CCC[C@H]2NCC(=O)Nc1nc2ccccc2[nH]1. The van der Waals surface area contributed by atoms with Crippen LogP contribution in [0.4, 0.5) is 5.95 Å². The molecule has 24 heavy (non-hydrogen) atoms. The molecular weight excluding hydrogens is 322 g/mol. The predicted octanol–water partition coefficient (Wildman–Crippen LogP) is 2.93. The number of amides is 1. The minimum absolute atomic E-state index is 0.104. The van der Waals surface area contributed by atoms with Crippen LogP contribution >= 0.6 is 11.3 Å². The van der Waals surface area contributed by atoms with Gasteiger partial charge in [0.1, 0.15) is 0 Å². The molecule has 0 spiro atoms. The summed E-state index contributed by atoms with van der Waals surface area (Å²) >= 11 is 1.77. The molecule has 3 aromatic rings. The Kier molecular flexibility index (Phi) is 4.03. The molecule has 0 saturated heterocycles. The predicted molar refractivity (Wildman–Crippen MR) is 95.3 cm³/mol. The van der Waals surface area contributed by atoms with Crippen molar-refractivity contribution in [2.75, 3.05) is 11.9 Å². The fraction of sp³-hybridized carbons (Fsp3) is 0.353. The standard InChI is InChI=1S/C17H19N5OS/c1-10-19-16-13(7-4-8-14(16)24-10)18-9-15(23)22-17-20-11-5-2-3-6-12(11)21-17/h2-3,5-6,13,18H,4,7-9H2,1H3,(H2,20,21,22,23)/t13-/m1/s1. The second-order valence-electron chi connectivity index (χ2n) is 6.02. The molecule has 1 aliphatic carbocycles. The highest BCUT2D eigenvalue weighted by molar-refractivity contribution is 7.11. The minimum atomic E-state index is -0.104. The number of anilines is 1. The number of hydrogen-bond donors (Lipinski definition) is 3. The molecule has 0 saturated carbocycles. The van der Waals surface area contributed by atoms with E-state index >= 15 is 0 Å². The number of para-hydroxylation sites is 2. The van der Waals surface area contributed by atoms with Crippen LogP contribution in [0.1, 0.15) is 34.5 Å². The zero-order chi connectivity index (χ0) is 16.5. The van der Waals surface area contributed by atoms with Gasteiger partial charge in [-0.3, -0.25) is 10.1 Å². The molecule has 1 amide bonds. The van der Waals surface area contributed by atoms with Crippen LogP contribution in [-0.2, 0) is 11.2 Å². The number of aryl methyl sites for hydroxylation is 2. The number of fused-ring (bicyclic) bond motifs is 2. The van der Waals surface area contributed by atoms with Gasteiger partial charge in [0.2, 0.25) is 11.9 Å².